The Morgan fingerprint density at radius 2 is 1.79 bits per heavy atom. The normalized spacial score (nSPS) is 33.1. The largest absolute Gasteiger partial charge is 0.496 e. The van der Waals surface area contributed by atoms with Gasteiger partial charge in [-0.2, -0.15) is 5.26 Å². The Kier molecular flexibility index (Phi) is 7.32. The SMILES string of the molecule is COc1cc(F)c(OC2CCC(C)(C#N)CC2)cc1C(=O)N[C@@H]1[C@H]2CC[C@H](C2)[C@@H]1C(=O)NCC1(C)CCC1. The van der Waals surface area contributed by atoms with Gasteiger partial charge in [-0.05, 0) is 88.0 Å². The second-order valence-corrected chi connectivity index (χ2v) is 12.7. The minimum Gasteiger partial charge on any atom is -0.496 e. The first kappa shape index (κ1) is 26.8. The van der Waals surface area contributed by atoms with E-state index in [4.69, 9.17) is 9.47 Å². The maximum atomic E-state index is 14.9. The summed E-state index contributed by atoms with van der Waals surface area (Å²) in [6, 6.07) is 4.72. The van der Waals surface area contributed by atoms with Crippen LogP contribution >= 0.6 is 0 Å². The fourth-order valence-corrected chi connectivity index (χ4v) is 7.09. The summed E-state index contributed by atoms with van der Waals surface area (Å²) in [5.41, 5.74) is 0.0169. The summed E-state index contributed by atoms with van der Waals surface area (Å²) >= 11 is 0. The fourth-order valence-electron chi connectivity index (χ4n) is 7.09. The lowest BCUT2D eigenvalue weighted by atomic mass is 9.70. The Morgan fingerprint density at radius 1 is 1.08 bits per heavy atom. The predicted molar refractivity (Wildman–Crippen MR) is 140 cm³/mol. The fraction of sp³-hybridized carbons (Fsp3) is 0.700. The highest BCUT2D eigenvalue weighted by atomic mass is 19.1. The average molecular weight is 526 g/mol. The summed E-state index contributed by atoms with van der Waals surface area (Å²) in [4.78, 5) is 26.8. The lowest BCUT2D eigenvalue weighted by Crippen LogP contribution is -2.51. The second kappa shape index (κ2) is 10.4. The van der Waals surface area contributed by atoms with Gasteiger partial charge in [0.2, 0.25) is 5.91 Å². The Morgan fingerprint density at radius 3 is 2.42 bits per heavy atom. The van der Waals surface area contributed by atoms with Crippen molar-refractivity contribution in [2.75, 3.05) is 13.7 Å². The number of ether oxygens (including phenoxy) is 2. The zero-order valence-corrected chi connectivity index (χ0v) is 22.8. The molecule has 7 nitrogen and oxygen atoms in total. The molecule has 2 N–H and O–H groups in total. The molecule has 4 aliphatic carbocycles. The Labute approximate surface area is 224 Å². The maximum Gasteiger partial charge on any atom is 0.255 e. The van der Waals surface area contributed by atoms with Crippen LogP contribution in [0.5, 0.6) is 11.5 Å². The van der Waals surface area contributed by atoms with Gasteiger partial charge >= 0.3 is 0 Å². The molecule has 206 valence electrons. The molecule has 8 heteroatoms. The number of halogens is 1. The van der Waals surface area contributed by atoms with Crippen molar-refractivity contribution < 1.29 is 23.5 Å². The molecular weight excluding hydrogens is 485 g/mol. The number of nitrogens with one attached hydrogen (secondary N) is 2. The monoisotopic (exact) mass is 525 g/mol. The molecule has 4 aliphatic rings. The predicted octanol–water partition coefficient (Wildman–Crippen LogP) is 5.14. The number of amides is 2. The first-order valence-electron chi connectivity index (χ1n) is 14.2. The number of nitriles is 1. The molecule has 0 unspecified atom stereocenters. The first-order chi connectivity index (χ1) is 18.1. The third-order valence-electron chi connectivity index (χ3n) is 9.87. The van der Waals surface area contributed by atoms with Crippen molar-refractivity contribution in [2.24, 2.45) is 28.6 Å². The van der Waals surface area contributed by atoms with Gasteiger partial charge in [-0.25, -0.2) is 4.39 Å². The molecule has 0 radical (unpaired) electrons. The van der Waals surface area contributed by atoms with E-state index in [9.17, 15) is 19.2 Å². The Hall–Kier alpha value is -2.82. The molecule has 0 saturated heterocycles. The van der Waals surface area contributed by atoms with Crippen LogP contribution in [0, 0.1) is 45.7 Å². The number of rotatable bonds is 8. The number of fused-ring (bicyclic) bond motifs is 2. The van der Waals surface area contributed by atoms with E-state index in [1.807, 2.05) is 6.92 Å². The van der Waals surface area contributed by atoms with Gasteiger partial charge in [0, 0.05) is 18.7 Å². The first-order valence-corrected chi connectivity index (χ1v) is 14.2. The third-order valence-corrected chi connectivity index (χ3v) is 9.87. The van der Waals surface area contributed by atoms with Gasteiger partial charge in [-0.1, -0.05) is 13.3 Å². The number of hydrogen-bond donors (Lipinski definition) is 2. The molecule has 0 heterocycles. The van der Waals surface area contributed by atoms with E-state index < -0.39 is 5.82 Å². The van der Waals surface area contributed by atoms with E-state index >= 15 is 0 Å². The highest BCUT2D eigenvalue weighted by Crippen LogP contribution is 2.49. The van der Waals surface area contributed by atoms with Gasteiger partial charge in [0.1, 0.15) is 5.75 Å². The number of carbonyl (C=O) groups excluding carboxylic acids is 2. The quantitative estimate of drug-likeness (QED) is 0.490. The van der Waals surface area contributed by atoms with Crippen LogP contribution in [0.2, 0.25) is 0 Å². The lowest BCUT2D eigenvalue weighted by molar-refractivity contribution is -0.128. The molecule has 1 aromatic carbocycles. The summed E-state index contributed by atoms with van der Waals surface area (Å²) in [7, 11) is 1.41. The molecule has 2 amide bonds. The van der Waals surface area contributed by atoms with Gasteiger partial charge in [-0.3, -0.25) is 9.59 Å². The molecular formula is C30H40FN3O4. The molecule has 4 atom stereocenters. The maximum absolute atomic E-state index is 14.9. The van der Waals surface area contributed by atoms with Crippen molar-refractivity contribution in [3.63, 3.8) is 0 Å². The van der Waals surface area contributed by atoms with Crippen molar-refractivity contribution in [1.29, 1.82) is 5.26 Å². The molecule has 38 heavy (non-hydrogen) atoms. The minimum absolute atomic E-state index is 0.0116. The average Bonchev–Trinajstić information content (AvgIpc) is 3.50. The Bertz CT molecular complexity index is 1120. The molecule has 1 aromatic rings. The van der Waals surface area contributed by atoms with Crippen molar-refractivity contribution >= 4 is 11.8 Å². The minimum atomic E-state index is -0.589. The number of carbonyl (C=O) groups is 2. The van der Waals surface area contributed by atoms with Crippen LogP contribution in [0.3, 0.4) is 0 Å². The van der Waals surface area contributed by atoms with E-state index in [0.29, 0.717) is 32.2 Å². The van der Waals surface area contributed by atoms with Crippen LogP contribution in [0.25, 0.3) is 0 Å². The summed E-state index contributed by atoms with van der Waals surface area (Å²) in [6.07, 6.45) is 8.89. The molecule has 4 saturated carbocycles. The summed E-state index contributed by atoms with van der Waals surface area (Å²) in [6.45, 7) is 4.84. The van der Waals surface area contributed by atoms with Crippen LogP contribution in [-0.2, 0) is 4.79 Å². The molecule has 2 bridgehead atoms. The molecule has 4 fully saturated rings. The van der Waals surface area contributed by atoms with Gasteiger partial charge in [-0.15, -0.1) is 0 Å². The van der Waals surface area contributed by atoms with Gasteiger partial charge in [0.25, 0.3) is 5.91 Å². The van der Waals surface area contributed by atoms with Crippen LogP contribution in [0.1, 0.15) is 88.4 Å². The molecule has 0 aromatic heterocycles. The van der Waals surface area contributed by atoms with E-state index in [0.717, 1.165) is 32.1 Å². The lowest BCUT2D eigenvalue weighted by Gasteiger charge is -2.39. The van der Waals surface area contributed by atoms with Gasteiger partial charge in [0.05, 0.1) is 36.2 Å². The van der Waals surface area contributed by atoms with Crippen LogP contribution in [0.15, 0.2) is 12.1 Å². The number of methoxy groups -OCH3 is 1. The summed E-state index contributed by atoms with van der Waals surface area (Å²) < 4.78 is 26.3. The summed E-state index contributed by atoms with van der Waals surface area (Å²) in [5.74, 6) is -0.501. The van der Waals surface area contributed by atoms with E-state index in [1.165, 1.54) is 25.7 Å². The molecule has 0 aliphatic heterocycles. The third kappa shape index (κ3) is 5.21. The van der Waals surface area contributed by atoms with E-state index in [2.05, 4.69) is 23.6 Å². The van der Waals surface area contributed by atoms with Crippen LogP contribution in [0.4, 0.5) is 4.39 Å². The highest BCUT2D eigenvalue weighted by molar-refractivity contribution is 5.98. The van der Waals surface area contributed by atoms with Crippen LogP contribution < -0.4 is 20.1 Å². The number of benzene rings is 1. The van der Waals surface area contributed by atoms with Crippen molar-refractivity contribution in [1.82, 2.24) is 10.6 Å². The van der Waals surface area contributed by atoms with Crippen LogP contribution in [-0.4, -0.2) is 37.6 Å². The van der Waals surface area contributed by atoms with Gasteiger partial charge in [0.15, 0.2) is 11.6 Å². The zero-order valence-electron chi connectivity index (χ0n) is 22.8. The standard InChI is InChI=1S/C30H40FN3O4/c1-29(16-32)11-7-20(8-12-29)38-24-14-21(23(37-3)15-22(24)31)27(35)34-26-19-6-5-18(13-19)25(26)28(36)33-17-30(2)9-4-10-30/h14-15,18-20,25-26H,4-13,17H2,1-3H3,(H,33,36)(H,34,35)/t18-,19+,20?,25+,26-,29?/m1/s1. The second-order valence-electron chi connectivity index (χ2n) is 12.7. The topological polar surface area (TPSA) is 100 Å². The van der Waals surface area contributed by atoms with E-state index in [-0.39, 0.29) is 69.6 Å². The molecule has 5 rings (SSSR count). The highest BCUT2D eigenvalue weighted by Gasteiger charge is 2.51. The molecule has 0 spiro atoms. The number of hydrogen-bond acceptors (Lipinski definition) is 5. The summed E-state index contributed by atoms with van der Waals surface area (Å²) in [5, 5.41) is 15.7. The van der Waals surface area contributed by atoms with E-state index in [1.54, 1.807) is 0 Å². The Balaban J connectivity index is 1.29. The van der Waals surface area contributed by atoms with Crippen molar-refractivity contribution in [2.45, 2.75) is 90.2 Å². The van der Waals surface area contributed by atoms with Crippen molar-refractivity contribution in [3.8, 4) is 17.6 Å². The van der Waals surface area contributed by atoms with Crippen molar-refractivity contribution in [3.05, 3.63) is 23.5 Å². The van der Waals surface area contributed by atoms with Gasteiger partial charge < -0.3 is 20.1 Å². The number of nitrogens with zero attached hydrogens (tertiary/aromatic N) is 1. The zero-order chi connectivity index (χ0) is 27.1. The smallest absolute Gasteiger partial charge is 0.255 e.